The van der Waals surface area contributed by atoms with Crippen molar-refractivity contribution in [1.29, 1.82) is 0 Å². The minimum absolute atomic E-state index is 0.133. The molecule has 0 spiro atoms. The summed E-state index contributed by atoms with van der Waals surface area (Å²) in [7, 11) is 2.91. The van der Waals surface area contributed by atoms with Crippen LogP contribution in [0.5, 0.6) is 11.5 Å². The third-order valence-corrected chi connectivity index (χ3v) is 6.29. The number of halogens is 1. The molecule has 33 heavy (non-hydrogen) atoms. The molecule has 1 heterocycles. The summed E-state index contributed by atoms with van der Waals surface area (Å²) in [5, 5.41) is 0.546. The quantitative estimate of drug-likeness (QED) is 0.322. The van der Waals surface area contributed by atoms with Crippen molar-refractivity contribution in [3.8, 4) is 11.5 Å². The molecule has 0 N–H and O–H groups in total. The van der Waals surface area contributed by atoms with Crippen LogP contribution in [0.4, 0.5) is 5.69 Å². The lowest BCUT2D eigenvalue weighted by Crippen LogP contribution is -2.28. The molecule has 9 heteroatoms. The number of hydrogen-bond acceptors (Lipinski definition) is 7. The Bertz CT molecular complexity index is 1120. The number of aliphatic imine (C=N–C) groups is 1. The van der Waals surface area contributed by atoms with E-state index in [0.29, 0.717) is 46.0 Å². The zero-order chi connectivity index (χ0) is 24.0. The van der Waals surface area contributed by atoms with Gasteiger partial charge in [-0.2, -0.15) is 0 Å². The minimum atomic E-state index is -0.439. The van der Waals surface area contributed by atoms with Crippen molar-refractivity contribution in [2.45, 2.75) is 20.3 Å². The van der Waals surface area contributed by atoms with Gasteiger partial charge in [-0.05, 0) is 83.0 Å². The third kappa shape index (κ3) is 5.78. The molecule has 1 aliphatic rings. The average Bonchev–Trinajstić information content (AvgIpc) is 3.11. The normalized spacial score (nSPS) is 15.9. The van der Waals surface area contributed by atoms with Crippen molar-refractivity contribution in [3.63, 3.8) is 0 Å². The molecule has 2 aromatic carbocycles. The Morgan fingerprint density at radius 1 is 1.21 bits per heavy atom. The van der Waals surface area contributed by atoms with Gasteiger partial charge in [0.2, 0.25) is 0 Å². The minimum Gasteiger partial charge on any atom is -0.493 e. The summed E-state index contributed by atoms with van der Waals surface area (Å²) < 4.78 is 16.8. The fourth-order valence-corrected chi connectivity index (χ4v) is 4.76. The number of carbonyl (C=O) groups excluding carboxylic acids is 2. The number of thioether (sulfide) groups is 1. The van der Waals surface area contributed by atoms with E-state index >= 15 is 0 Å². The lowest BCUT2D eigenvalue weighted by atomic mass is 10.2. The van der Waals surface area contributed by atoms with Gasteiger partial charge in [0, 0.05) is 6.54 Å². The van der Waals surface area contributed by atoms with Gasteiger partial charge in [-0.1, -0.05) is 13.0 Å². The summed E-state index contributed by atoms with van der Waals surface area (Å²) in [6, 6.07) is 10.5. The molecule has 0 aromatic heterocycles. The number of carbonyl (C=O) groups is 2. The smallest absolute Gasteiger partial charge is 0.337 e. The molecule has 174 valence electrons. The average molecular weight is 533 g/mol. The summed E-state index contributed by atoms with van der Waals surface area (Å²) >= 11 is 4.82. The number of amides is 1. The molecule has 1 aliphatic heterocycles. The Hall–Kier alpha value is -2.78. The van der Waals surface area contributed by atoms with Gasteiger partial charge in [-0.15, -0.1) is 0 Å². The second-order valence-corrected chi connectivity index (χ2v) is 8.84. The first-order valence-electron chi connectivity index (χ1n) is 10.4. The van der Waals surface area contributed by atoms with E-state index in [1.165, 1.54) is 18.9 Å². The number of hydrogen-bond donors (Lipinski definition) is 0. The number of benzene rings is 2. The first-order chi connectivity index (χ1) is 15.9. The van der Waals surface area contributed by atoms with E-state index in [2.05, 4.69) is 20.9 Å². The first-order valence-corrected chi connectivity index (χ1v) is 12.0. The van der Waals surface area contributed by atoms with Gasteiger partial charge in [0.1, 0.15) is 0 Å². The second kappa shape index (κ2) is 11.4. The van der Waals surface area contributed by atoms with Gasteiger partial charge in [0.25, 0.3) is 5.91 Å². The fraction of sp³-hybridized carbons (Fsp3) is 0.292. The van der Waals surface area contributed by atoms with E-state index in [1.54, 1.807) is 42.4 Å². The largest absolute Gasteiger partial charge is 0.493 e. The maximum atomic E-state index is 13.0. The molecular weight excluding hydrogens is 508 g/mol. The lowest BCUT2D eigenvalue weighted by molar-refractivity contribution is -0.122. The highest BCUT2D eigenvalue weighted by Gasteiger charge is 2.32. The molecule has 0 atom stereocenters. The number of ether oxygens (including phenoxy) is 3. The molecule has 3 rings (SSSR count). The van der Waals surface area contributed by atoms with Gasteiger partial charge in [-0.25, -0.2) is 9.79 Å². The topological polar surface area (TPSA) is 77.4 Å². The van der Waals surface area contributed by atoms with Crippen molar-refractivity contribution in [1.82, 2.24) is 4.90 Å². The Morgan fingerprint density at radius 3 is 2.67 bits per heavy atom. The van der Waals surface area contributed by atoms with Crippen molar-refractivity contribution in [3.05, 3.63) is 56.9 Å². The molecule has 1 amide bonds. The standard InChI is InChI=1S/C24H25BrN2O5S/c1-5-10-32-21-18(25)11-15(12-19(21)30-3)13-20-22(28)27(6-2)24(33-20)26-17-9-7-8-16(14-17)23(29)31-4/h7-9,11-14H,5-6,10H2,1-4H3. The van der Waals surface area contributed by atoms with E-state index in [-0.39, 0.29) is 5.91 Å². The molecule has 0 radical (unpaired) electrons. The number of methoxy groups -OCH3 is 2. The van der Waals surface area contributed by atoms with Crippen LogP contribution in [0.25, 0.3) is 6.08 Å². The van der Waals surface area contributed by atoms with Crippen molar-refractivity contribution < 1.29 is 23.8 Å². The zero-order valence-electron chi connectivity index (χ0n) is 18.9. The third-order valence-electron chi connectivity index (χ3n) is 4.70. The van der Waals surface area contributed by atoms with Crippen molar-refractivity contribution >= 4 is 56.5 Å². The molecular formula is C24H25BrN2O5S. The molecule has 0 unspecified atom stereocenters. The Balaban J connectivity index is 1.93. The number of esters is 1. The SMILES string of the molecule is CCCOc1c(Br)cc(C=C2SC(=Nc3cccc(C(=O)OC)c3)N(CC)C2=O)cc1OC. The highest BCUT2D eigenvalue weighted by Crippen LogP contribution is 2.39. The van der Waals surface area contributed by atoms with E-state index in [0.717, 1.165) is 16.5 Å². The van der Waals surface area contributed by atoms with Crippen LogP contribution in [0, 0.1) is 0 Å². The molecule has 2 aromatic rings. The molecule has 1 saturated heterocycles. The zero-order valence-corrected chi connectivity index (χ0v) is 21.3. The van der Waals surface area contributed by atoms with Crippen LogP contribution in [0.3, 0.4) is 0 Å². The molecule has 0 saturated carbocycles. The fourth-order valence-electron chi connectivity index (χ4n) is 3.12. The molecule has 7 nitrogen and oxygen atoms in total. The maximum Gasteiger partial charge on any atom is 0.337 e. The maximum absolute atomic E-state index is 13.0. The Kier molecular flexibility index (Phi) is 8.57. The van der Waals surface area contributed by atoms with E-state index in [1.807, 2.05) is 26.0 Å². The van der Waals surface area contributed by atoms with Crippen molar-refractivity contribution in [2.75, 3.05) is 27.4 Å². The second-order valence-electron chi connectivity index (χ2n) is 6.98. The summed E-state index contributed by atoms with van der Waals surface area (Å²) in [5.74, 6) is 0.647. The molecule has 1 fully saturated rings. The summed E-state index contributed by atoms with van der Waals surface area (Å²) in [6.07, 6.45) is 2.68. The van der Waals surface area contributed by atoms with E-state index < -0.39 is 5.97 Å². The highest BCUT2D eigenvalue weighted by molar-refractivity contribution is 9.10. The number of rotatable bonds is 8. The summed E-state index contributed by atoms with van der Waals surface area (Å²) in [5.41, 5.74) is 1.76. The number of likely N-dealkylation sites (N-methyl/N-ethyl adjacent to an activating group) is 1. The van der Waals surface area contributed by atoms with Gasteiger partial charge in [0.05, 0.1) is 41.5 Å². The Labute approximate surface area is 205 Å². The predicted molar refractivity (Wildman–Crippen MR) is 134 cm³/mol. The predicted octanol–water partition coefficient (Wildman–Crippen LogP) is 5.66. The monoisotopic (exact) mass is 532 g/mol. The Morgan fingerprint density at radius 2 is 2.00 bits per heavy atom. The summed E-state index contributed by atoms with van der Waals surface area (Å²) in [4.78, 5) is 31.6. The van der Waals surface area contributed by atoms with Gasteiger partial charge in [0.15, 0.2) is 16.7 Å². The van der Waals surface area contributed by atoms with Crippen LogP contribution >= 0.6 is 27.7 Å². The van der Waals surface area contributed by atoms with E-state index in [4.69, 9.17) is 14.2 Å². The number of amidine groups is 1. The van der Waals surface area contributed by atoms with Crippen LogP contribution in [0.15, 0.2) is 50.8 Å². The number of nitrogens with zero attached hydrogens (tertiary/aromatic N) is 2. The summed E-state index contributed by atoms with van der Waals surface area (Å²) in [6.45, 7) is 4.97. The van der Waals surface area contributed by atoms with Crippen LogP contribution < -0.4 is 9.47 Å². The first kappa shape index (κ1) is 24.9. The van der Waals surface area contributed by atoms with Gasteiger partial charge >= 0.3 is 5.97 Å². The van der Waals surface area contributed by atoms with Crippen LogP contribution in [0.2, 0.25) is 0 Å². The lowest BCUT2D eigenvalue weighted by Gasteiger charge is -2.13. The molecule has 0 bridgehead atoms. The van der Waals surface area contributed by atoms with E-state index in [9.17, 15) is 9.59 Å². The van der Waals surface area contributed by atoms with Crippen LogP contribution in [-0.4, -0.2) is 49.3 Å². The highest BCUT2D eigenvalue weighted by atomic mass is 79.9. The van der Waals surface area contributed by atoms with Gasteiger partial charge in [-0.3, -0.25) is 9.69 Å². The van der Waals surface area contributed by atoms with Crippen LogP contribution in [-0.2, 0) is 9.53 Å². The van der Waals surface area contributed by atoms with Gasteiger partial charge < -0.3 is 14.2 Å². The van der Waals surface area contributed by atoms with Crippen molar-refractivity contribution in [2.24, 2.45) is 4.99 Å². The van der Waals surface area contributed by atoms with Crippen LogP contribution in [0.1, 0.15) is 36.2 Å². The molecule has 0 aliphatic carbocycles.